The number of nitrogens with zero attached hydrogens (tertiary/aromatic N) is 2. The molecule has 2 rings (SSSR count). The summed E-state index contributed by atoms with van der Waals surface area (Å²) in [5.41, 5.74) is -0.00358. The number of aliphatic hydroxyl groups is 1. The van der Waals surface area contributed by atoms with Crippen molar-refractivity contribution >= 4 is 0 Å². The minimum Gasteiger partial charge on any atom is -0.393 e. The Balaban J connectivity index is 1.59. The fraction of sp³-hybridized carbons (Fsp3) is 1.00. The predicted molar refractivity (Wildman–Crippen MR) is 114 cm³/mol. The zero-order chi connectivity index (χ0) is 20.1. The highest BCUT2D eigenvalue weighted by atomic mass is 16.5. The van der Waals surface area contributed by atoms with Crippen LogP contribution in [-0.4, -0.2) is 72.5 Å². The van der Waals surface area contributed by atoms with Crippen molar-refractivity contribution in [3.63, 3.8) is 0 Å². The van der Waals surface area contributed by atoms with Gasteiger partial charge in [0.25, 0.3) is 0 Å². The van der Waals surface area contributed by atoms with E-state index in [1.807, 2.05) is 0 Å². The van der Waals surface area contributed by atoms with Crippen LogP contribution in [0.3, 0.4) is 0 Å². The van der Waals surface area contributed by atoms with E-state index in [0.717, 1.165) is 31.4 Å². The lowest BCUT2D eigenvalue weighted by Crippen LogP contribution is -2.43. The van der Waals surface area contributed by atoms with Crippen molar-refractivity contribution in [3.8, 4) is 0 Å². The number of piperidine rings is 2. The minimum atomic E-state index is -0.196. The van der Waals surface area contributed by atoms with E-state index in [1.54, 1.807) is 0 Å². The van der Waals surface area contributed by atoms with Crippen molar-refractivity contribution in [1.82, 2.24) is 9.80 Å². The van der Waals surface area contributed by atoms with Crippen LogP contribution >= 0.6 is 0 Å². The lowest BCUT2D eigenvalue weighted by atomic mass is 9.87. The van der Waals surface area contributed by atoms with Gasteiger partial charge in [-0.05, 0) is 96.3 Å². The van der Waals surface area contributed by atoms with Crippen LogP contribution in [0.2, 0.25) is 0 Å². The summed E-state index contributed by atoms with van der Waals surface area (Å²) in [5, 5.41) is 10.2. The molecular formula is C23H46N2O2. The molecule has 0 radical (unpaired) electrons. The van der Waals surface area contributed by atoms with E-state index in [0.29, 0.717) is 0 Å². The Hall–Kier alpha value is -0.160. The first-order valence-electron chi connectivity index (χ1n) is 11.3. The zero-order valence-electron chi connectivity index (χ0n) is 19.0. The van der Waals surface area contributed by atoms with Crippen LogP contribution in [0.4, 0.5) is 0 Å². The van der Waals surface area contributed by atoms with E-state index in [4.69, 9.17) is 4.74 Å². The lowest BCUT2D eigenvalue weighted by molar-refractivity contribution is -0.0335. The molecule has 0 aliphatic carbocycles. The van der Waals surface area contributed by atoms with Crippen molar-refractivity contribution < 1.29 is 9.84 Å². The Morgan fingerprint density at radius 2 is 1.37 bits per heavy atom. The smallest absolute Gasteiger partial charge is 0.0600 e. The van der Waals surface area contributed by atoms with Gasteiger partial charge < -0.3 is 19.6 Å². The maximum absolute atomic E-state index is 10.2. The van der Waals surface area contributed by atoms with Gasteiger partial charge in [-0.3, -0.25) is 0 Å². The molecule has 2 heterocycles. The fourth-order valence-corrected chi connectivity index (χ4v) is 4.20. The average Bonchev–Trinajstić information content (AvgIpc) is 2.59. The van der Waals surface area contributed by atoms with Crippen LogP contribution in [0.1, 0.15) is 73.6 Å². The van der Waals surface area contributed by atoms with E-state index in [9.17, 15) is 5.11 Å². The molecule has 0 spiro atoms. The van der Waals surface area contributed by atoms with E-state index in [-0.39, 0.29) is 17.1 Å². The molecule has 0 aromatic carbocycles. The van der Waals surface area contributed by atoms with Gasteiger partial charge in [0.15, 0.2) is 0 Å². The monoisotopic (exact) mass is 382 g/mol. The molecule has 2 aliphatic rings. The second-order valence-corrected chi connectivity index (χ2v) is 11.1. The van der Waals surface area contributed by atoms with E-state index in [1.165, 1.54) is 58.4 Å². The van der Waals surface area contributed by atoms with Crippen LogP contribution < -0.4 is 0 Å². The highest BCUT2D eigenvalue weighted by Gasteiger charge is 2.27. The number of rotatable bonds is 7. The van der Waals surface area contributed by atoms with Gasteiger partial charge in [0, 0.05) is 13.1 Å². The molecule has 4 heteroatoms. The Bertz CT molecular complexity index is 411. The second kappa shape index (κ2) is 10.0. The van der Waals surface area contributed by atoms with Crippen LogP contribution in [0.25, 0.3) is 0 Å². The van der Waals surface area contributed by atoms with E-state index < -0.39 is 0 Å². The number of aliphatic hydroxyl groups excluding tert-OH is 1. The van der Waals surface area contributed by atoms with E-state index in [2.05, 4.69) is 51.3 Å². The van der Waals surface area contributed by atoms with Gasteiger partial charge in [0.05, 0.1) is 18.3 Å². The van der Waals surface area contributed by atoms with Crippen LogP contribution in [-0.2, 0) is 4.74 Å². The second-order valence-electron chi connectivity index (χ2n) is 11.1. The third kappa shape index (κ3) is 8.81. The van der Waals surface area contributed by atoms with Crippen molar-refractivity contribution in [2.24, 2.45) is 17.3 Å². The molecule has 0 aromatic heterocycles. The molecule has 0 amide bonds. The first kappa shape index (κ1) is 23.1. The predicted octanol–water partition coefficient (Wildman–Crippen LogP) is 4.02. The summed E-state index contributed by atoms with van der Waals surface area (Å²) in [6.07, 6.45) is 5.92. The van der Waals surface area contributed by atoms with Gasteiger partial charge >= 0.3 is 0 Å². The minimum absolute atomic E-state index is 0.00235. The molecule has 1 unspecified atom stereocenters. The van der Waals surface area contributed by atoms with Crippen LogP contribution in [0.15, 0.2) is 0 Å². The third-order valence-corrected chi connectivity index (χ3v) is 6.40. The first-order chi connectivity index (χ1) is 12.5. The van der Waals surface area contributed by atoms with Gasteiger partial charge in [-0.1, -0.05) is 20.8 Å². The molecule has 0 aromatic rings. The van der Waals surface area contributed by atoms with Gasteiger partial charge in [-0.15, -0.1) is 0 Å². The Kier molecular flexibility index (Phi) is 8.60. The number of ether oxygens (including phenoxy) is 1. The molecule has 0 bridgehead atoms. The molecule has 1 atom stereocenters. The molecular weight excluding hydrogens is 336 g/mol. The summed E-state index contributed by atoms with van der Waals surface area (Å²) in [4.78, 5) is 5.25. The lowest BCUT2D eigenvalue weighted by Gasteiger charge is -2.38. The molecule has 1 N–H and O–H groups in total. The SMILES string of the molecule is CC(C)(C)OCC1CCN(CC2CCN(CCC(O)C(C)(C)C)CC2)CC1. The Morgan fingerprint density at radius 1 is 0.852 bits per heavy atom. The van der Waals surface area contributed by atoms with Crippen LogP contribution in [0.5, 0.6) is 0 Å². The van der Waals surface area contributed by atoms with Crippen molar-refractivity contribution in [2.45, 2.75) is 85.4 Å². The number of likely N-dealkylation sites (tertiary alicyclic amines) is 2. The highest BCUT2D eigenvalue weighted by Crippen LogP contribution is 2.25. The average molecular weight is 383 g/mol. The normalized spacial score (nSPS) is 23.7. The topological polar surface area (TPSA) is 35.9 Å². The summed E-state index contributed by atoms with van der Waals surface area (Å²) in [7, 11) is 0. The van der Waals surface area contributed by atoms with Gasteiger partial charge in [0.1, 0.15) is 0 Å². The summed E-state index contributed by atoms with van der Waals surface area (Å²) in [6.45, 7) is 21.0. The number of hydrogen-bond acceptors (Lipinski definition) is 4. The Labute approximate surface area is 168 Å². The molecule has 2 aliphatic heterocycles. The molecule has 4 nitrogen and oxygen atoms in total. The molecule has 0 saturated carbocycles. The quantitative estimate of drug-likeness (QED) is 0.721. The maximum Gasteiger partial charge on any atom is 0.0600 e. The summed E-state index contributed by atoms with van der Waals surface area (Å²) in [5.74, 6) is 1.60. The van der Waals surface area contributed by atoms with Crippen LogP contribution in [0, 0.1) is 17.3 Å². The summed E-state index contributed by atoms with van der Waals surface area (Å²) in [6, 6.07) is 0. The standard InChI is InChI=1S/C23H46N2O2/c1-22(2,3)21(26)11-16-24-12-7-19(8-13-24)17-25-14-9-20(10-15-25)18-27-23(4,5)6/h19-21,26H,7-18H2,1-6H3. The fourth-order valence-electron chi connectivity index (χ4n) is 4.20. The largest absolute Gasteiger partial charge is 0.393 e. The van der Waals surface area contributed by atoms with Gasteiger partial charge in [-0.2, -0.15) is 0 Å². The summed E-state index contributed by atoms with van der Waals surface area (Å²) >= 11 is 0. The molecule has 160 valence electrons. The van der Waals surface area contributed by atoms with Crippen molar-refractivity contribution in [3.05, 3.63) is 0 Å². The first-order valence-corrected chi connectivity index (χ1v) is 11.3. The Morgan fingerprint density at radius 3 is 1.89 bits per heavy atom. The van der Waals surface area contributed by atoms with Crippen molar-refractivity contribution in [1.29, 1.82) is 0 Å². The molecule has 2 saturated heterocycles. The number of hydrogen-bond donors (Lipinski definition) is 1. The van der Waals surface area contributed by atoms with E-state index >= 15 is 0 Å². The zero-order valence-corrected chi connectivity index (χ0v) is 19.0. The third-order valence-electron chi connectivity index (χ3n) is 6.40. The highest BCUT2D eigenvalue weighted by molar-refractivity contribution is 4.80. The van der Waals surface area contributed by atoms with Crippen molar-refractivity contribution in [2.75, 3.05) is 45.9 Å². The maximum atomic E-state index is 10.2. The summed E-state index contributed by atoms with van der Waals surface area (Å²) < 4.78 is 5.98. The van der Waals surface area contributed by atoms with Gasteiger partial charge in [-0.25, -0.2) is 0 Å². The molecule has 27 heavy (non-hydrogen) atoms. The van der Waals surface area contributed by atoms with Gasteiger partial charge in [0.2, 0.25) is 0 Å². The molecule has 2 fully saturated rings.